The Morgan fingerprint density at radius 2 is 1.91 bits per heavy atom. The van der Waals surface area contributed by atoms with Crippen LogP contribution in [0.1, 0.15) is 35.4 Å². The number of para-hydroxylation sites is 1. The highest BCUT2D eigenvalue weighted by Gasteiger charge is 2.26. The van der Waals surface area contributed by atoms with Crippen LogP contribution in [0.4, 0.5) is 5.82 Å². The second-order valence-corrected chi connectivity index (χ2v) is 8.12. The lowest BCUT2D eigenvalue weighted by Crippen LogP contribution is -2.36. The summed E-state index contributed by atoms with van der Waals surface area (Å²) in [6.45, 7) is 4.24. The van der Waals surface area contributed by atoms with Crippen molar-refractivity contribution in [1.82, 2.24) is 24.6 Å². The molecule has 10 heteroatoms. The molecular weight excluding hydrogens is 449 g/mol. The van der Waals surface area contributed by atoms with Crippen LogP contribution in [0.2, 0.25) is 10.0 Å². The lowest BCUT2D eigenvalue weighted by molar-refractivity contribution is 0.0755. The number of hydrogen-bond donors (Lipinski definition) is 0. The zero-order chi connectivity index (χ0) is 22.7. The van der Waals surface area contributed by atoms with Gasteiger partial charge in [-0.25, -0.2) is 14.6 Å². The zero-order valence-electron chi connectivity index (χ0n) is 17.5. The summed E-state index contributed by atoms with van der Waals surface area (Å²) >= 11 is 12.7. The molecule has 3 heterocycles. The molecule has 1 aromatic carbocycles. The number of amides is 1. The van der Waals surface area contributed by atoms with Crippen molar-refractivity contribution in [3.05, 3.63) is 63.8 Å². The van der Waals surface area contributed by atoms with Crippen molar-refractivity contribution in [2.24, 2.45) is 0 Å². The van der Waals surface area contributed by atoms with Crippen molar-refractivity contribution in [2.75, 3.05) is 31.1 Å². The van der Waals surface area contributed by atoms with E-state index in [4.69, 9.17) is 23.2 Å². The van der Waals surface area contributed by atoms with Gasteiger partial charge in [0.2, 0.25) is 5.82 Å². The maximum atomic E-state index is 13.2. The van der Waals surface area contributed by atoms with Crippen LogP contribution in [0, 0.1) is 11.3 Å². The molecule has 1 amide bonds. The number of carbonyl (C=O) groups excluding carboxylic acids is 1. The number of aromatic nitrogens is 4. The van der Waals surface area contributed by atoms with Gasteiger partial charge in [-0.05, 0) is 30.7 Å². The van der Waals surface area contributed by atoms with Crippen LogP contribution in [0.25, 0.3) is 5.69 Å². The number of halogens is 2. The standard InChI is InChI=1S/C22H21Cl2N7O/c1-2-18-27-20(28-31(18)19-16(23)7-3-8-17(19)24)22(32)30-11-5-10-29(12-13-30)21-15(14-25)6-4-9-26-21/h3-4,6-9H,2,5,10-13H2,1H3. The lowest BCUT2D eigenvalue weighted by Gasteiger charge is -2.22. The second-order valence-electron chi connectivity index (χ2n) is 7.31. The summed E-state index contributed by atoms with van der Waals surface area (Å²) in [6.07, 6.45) is 2.98. The molecule has 1 fully saturated rings. The molecule has 2 aromatic heterocycles. The van der Waals surface area contributed by atoms with Gasteiger partial charge in [-0.15, -0.1) is 5.10 Å². The number of hydrogen-bond acceptors (Lipinski definition) is 6. The minimum Gasteiger partial charge on any atom is -0.354 e. The quantitative estimate of drug-likeness (QED) is 0.577. The Balaban J connectivity index is 1.56. The predicted octanol–water partition coefficient (Wildman–Crippen LogP) is 3.76. The van der Waals surface area contributed by atoms with E-state index in [0.717, 1.165) is 6.42 Å². The molecule has 0 atom stereocenters. The molecule has 0 aliphatic carbocycles. The van der Waals surface area contributed by atoms with Gasteiger partial charge >= 0.3 is 0 Å². The van der Waals surface area contributed by atoms with Crippen LogP contribution in [-0.4, -0.2) is 56.7 Å². The smallest absolute Gasteiger partial charge is 0.293 e. The Labute approximate surface area is 196 Å². The number of nitrogens with zero attached hydrogens (tertiary/aromatic N) is 7. The first-order valence-corrected chi connectivity index (χ1v) is 11.1. The molecule has 1 aliphatic heterocycles. The van der Waals surface area contributed by atoms with Crippen LogP contribution in [-0.2, 0) is 6.42 Å². The summed E-state index contributed by atoms with van der Waals surface area (Å²) in [4.78, 5) is 25.9. The Hall–Kier alpha value is -3.15. The van der Waals surface area contributed by atoms with Gasteiger partial charge in [0.25, 0.3) is 5.91 Å². The van der Waals surface area contributed by atoms with E-state index in [0.29, 0.717) is 65.5 Å². The molecule has 1 aliphatic rings. The molecule has 1 saturated heterocycles. The van der Waals surface area contributed by atoms with E-state index in [1.54, 1.807) is 46.1 Å². The van der Waals surface area contributed by atoms with Gasteiger partial charge in [-0.3, -0.25) is 4.79 Å². The summed E-state index contributed by atoms with van der Waals surface area (Å²) in [5.41, 5.74) is 1.04. The average molecular weight is 470 g/mol. The fourth-order valence-electron chi connectivity index (χ4n) is 3.74. The van der Waals surface area contributed by atoms with Gasteiger partial charge in [0.15, 0.2) is 0 Å². The molecule has 3 aromatic rings. The van der Waals surface area contributed by atoms with E-state index in [1.807, 2.05) is 11.8 Å². The van der Waals surface area contributed by atoms with Crippen molar-refractivity contribution < 1.29 is 4.79 Å². The number of carbonyl (C=O) groups is 1. The fraction of sp³-hybridized carbons (Fsp3) is 0.318. The summed E-state index contributed by atoms with van der Waals surface area (Å²) in [7, 11) is 0. The first-order valence-electron chi connectivity index (χ1n) is 10.3. The van der Waals surface area contributed by atoms with Crippen molar-refractivity contribution in [1.29, 1.82) is 5.26 Å². The van der Waals surface area contributed by atoms with Gasteiger partial charge in [0.05, 0.1) is 15.6 Å². The van der Waals surface area contributed by atoms with E-state index in [-0.39, 0.29) is 11.7 Å². The van der Waals surface area contributed by atoms with Crippen molar-refractivity contribution in [2.45, 2.75) is 19.8 Å². The number of aryl methyl sites for hydroxylation is 1. The molecule has 0 N–H and O–H groups in total. The summed E-state index contributed by atoms with van der Waals surface area (Å²) < 4.78 is 1.55. The lowest BCUT2D eigenvalue weighted by atomic mass is 10.2. The molecule has 0 bridgehead atoms. The Morgan fingerprint density at radius 1 is 1.12 bits per heavy atom. The van der Waals surface area contributed by atoms with Crippen molar-refractivity contribution in [3.63, 3.8) is 0 Å². The van der Waals surface area contributed by atoms with Crippen LogP contribution in [0.15, 0.2) is 36.5 Å². The fourth-order valence-corrected chi connectivity index (χ4v) is 4.30. The third-order valence-corrected chi connectivity index (χ3v) is 5.93. The minimum absolute atomic E-state index is 0.113. The second kappa shape index (κ2) is 9.55. The van der Waals surface area contributed by atoms with Gasteiger partial charge < -0.3 is 9.80 Å². The highest BCUT2D eigenvalue weighted by Crippen LogP contribution is 2.29. The molecule has 4 rings (SSSR count). The zero-order valence-corrected chi connectivity index (χ0v) is 19.0. The number of nitriles is 1. The molecule has 0 unspecified atom stereocenters. The molecule has 0 spiro atoms. The highest BCUT2D eigenvalue weighted by molar-refractivity contribution is 6.37. The monoisotopic (exact) mass is 469 g/mol. The van der Waals surface area contributed by atoms with Crippen LogP contribution in [0.5, 0.6) is 0 Å². The molecule has 32 heavy (non-hydrogen) atoms. The van der Waals surface area contributed by atoms with Gasteiger partial charge in [0.1, 0.15) is 23.4 Å². The minimum atomic E-state index is -0.245. The number of pyridine rings is 1. The third-order valence-electron chi connectivity index (χ3n) is 5.32. The number of anilines is 1. The van der Waals surface area contributed by atoms with E-state index in [2.05, 4.69) is 21.1 Å². The normalized spacial score (nSPS) is 14.2. The highest BCUT2D eigenvalue weighted by atomic mass is 35.5. The van der Waals surface area contributed by atoms with Gasteiger partial charge in [-0.1, -0.05) is 36.2 Å². The van der Waals surface area contributed by atoms with Crippen LogP contribution in [0.3, 0.4) is 0 Å². The number of benzene rings is 1. The first kappa shape index (κ1) is 22.1. The maximum Gasteiger partial charge on any atom is 0.293 e. The third kappa shape index (κ3) is 4.27. The van der Waals surface area contributed by atoms with E-state index in [9.17, 15) is 10.1 Å². The van der Waals surface area contributed by atoms with Crippen molar-refractivity contribution >= 4 is 34.9 Å². The molecule has 8 nitrogen and oxygen atoms in total. The van der Waals surface area contributed by atoms with Gasteiger partial charge in [-0.2, -0.15) is 5.26 Å². The summed E-state index contributed by atoms with van der Waals surface area (Å²) in [6, 6.07) is 10.9. The Kier molecular flexibility index (Phi) is 6.58. The van der Waals surface area contributed by atoms with Gasteiger partial charge in [0, 0.05) is 38.8 Å². The Morgan fingerprint density at radius 3 is 2.62 bits per heavy atom. The van der Waals surface area contributed by atoms with Crippen LogP contribution < -0.4 is 4.90 Å². The van der Waals surface area contributed by atoms with E-state index in [1.165, 1.54) is 0 Å². The molecule has 0 radical (unpaired) electrons. The van der Waals surface area contributed by atoms with Crippen molar-refractivity contribution in [3.8, 4) is 11.8 Å². The molecular formula is C22H21Cl2N7O. The predicted molar refractivity (Wildman–Crippen MR) is 122 cm³/mol. The Bertz CT molecular complexity index is 1170. The molecule has 164 valence electrons. The average Bonchev–Trinajstić information content (AvgIpc) is 3.07. The van der Waals surface area contributed by atoms with Crippen LogP contribution >= 0.6 is 23.2 Å². The van der Waals surface area contributed by atoms with E-state index < -0.39 is 0 Å². The largest absolute Gasteiger partial charge is 0.354 e. The SMILES string of the molecule is CCc1nc(C(=O)N2CCCN(c3ncccc3C#N)CC2)nn1-c1c(Cl)cccc1Cl. The first-order chi connectivity index (χ1) is 15.5. The summed E-state index contributed by atoms with van der Waals surface area (Å²) in [5, 5.41) is 14.7. The maximum absolute atomic E-state index is 13.2. The summed E-state index contributed by atoms with van der Waals surface area (Å²) in [5.74, 6) is 1.12. The topological polar surface area (TPSA) is 90.9 Å². The number of rotatable bonds is 4. The van der Waals surface area contributed by atoms with E-state index >= 15 is 0 Å². The molecule has 0 saturated carbocycles.